The van der Waals surface area contributed by atoms with Crippen molar-refractivity contribution in [2.75, 3.05) is 18.4 Å². The van der Waals surface area contributed by atoms with Crippen LogP contribution in [-0.4, -0.2) is 42.9 Å². The smallest absolute Gasteiger partial charge is 0.308 e. The molecule has 1 atom stereocenters. The third-order valence-corrected chi connectivity index (χ3v) is 6.29. The van der Waals surface area contributed by atoms with Crippen LogP contribution in [-0.2, 0) is 10.0 Å². The fraction of sp³-hybridized carbons (Fsp3) is 0.316. The van der Waals surface area contributed by atoms with Crippen molar-refractivity contribution in [2.24, 2.45) is 5.92 Å². The number of amides is 2. The van der Waals surface area contributed by atoms with Gasteiger partial charge < -0.3 is 10.2 Å². The van der Waals surface area contributed by atoms with Gasteiger partial charge in [0.15, 0.2) is 0 Å². The molecule has 0 radical (unpaired) electrons. The predicted octanol–water partition coefficient (Wildman–Crippen LogP) is 3.21. The topological polar surface area (TPSA) is 69.7 Å². The van der Waals surface area contributed by atoms with Gasteiger partial charge in [-0.2, -0.15) is 4.31 Å². The molecule has 0 aliphatic carbocycles. The summed E-state index contributed by atoms with van der Waals surface area (Å²) in [6.45, 7) is 4.48. The van der Waals surface area contributed by atoms with E-state index in [-0.39, 0.29) is 23.4 Å². The number of anilines is 1. The zero-order chi connectivity index (χ0) is 18.7. The lowest BCUT2D eigenvalue weighted by Crippen LogP contribution is -2.48. The molecule has 138 valence electrons. The molecule has 0 unspecified atom stereocenters. The first-order valence-corrected chi connectivity index (χ1v) is 10.0. The Kier molecular flexibility index (Phi) is 5.29. The third kappa shape index (κ3) is 3.59. The zero-order valence-corrected chi connectivity index (χ0v) is 15.7. The van der Waals surface area contributed by atoms with Gasteiger partial charge in [-0.05, 0) is 30.2 Å². The maximum absolute atomic E-state index is 13.0. The number of nitrogens with zero attached hydrogens (tertiary/aromatic N) is 2. The minimum atomic E-state index is -3.66. The highest BCUT2D eigenvalue weighted by atomic mass is 32.2. The van der Waals surface area contributed by atoms with E-state index in [0.717, 1.165) is 0 Å². The summed E-state index contributed by atoms with van der Waals surface area (Å²) < 4.78 is 27.5. The molecule has 1 aliphatic heterocycles. The van der Waals surface area contributed by atoms with E-state index in [1.165, 1.54) is 4.31 Å². The molecular formula is C19H23N3O3S. The van der Waals surface area contributed by atoms with E-state index >= 15 is 0 Å². The number of carbonyl (C=O) groups excluding carboxylic acids is 1. The monoisotopic (exact) mass is 373 g/mol. The Morgan fingerprint density at radius 1 is 1.00 bits per heavy atom. The second kappa shape index (κ2) is 7.47. The van der Waals surface area contributed by atoms with Gasteiger partial charge in [-0.1, -0.05) is 50.2 Å². The molecule has 0 aromatic heterocycles. The van der Waals surface area contributed by atoms with Gasteiger partial charge in [-0.25, -0.2) is 13.2 Å². The van der Waals surface area contributed by atoms with Gasteiger partial charge in [-0.3, -0.25) is 0 Å². The first-order chi connectivity index (χ1) is 12.4. The lowest BCUT2D eigenvalue weighted by molar-refractivity contribution is 0.159. The maximum Gasteiger partial charge on any atom is 0.323 e. The maximum atomic E-state index is 13.0. The van der Waals surface area contributed by atoms with E-state index in [1.807, 2.05) is 32.0 Å². The Morgan fingerprint density at radius 2 is 1.58 bits per heavy atom. The summed E-state index contributed by atoms with van der Waals surface area (Å²) in [5.74, 6) is -0.0440. The molecule has 2 aromatic carbocycles. The number of carbonyl (C=O) groups is 1. The quantitative estimate of drug-likeness (QED) is 0.895. The van der Waals surface area contributed by atoms with Gasteiger partial charge >= 0.3 is 6.03 Å². The molecule has 1 heterocycles. The van der Waals surface area contributed by atoms with Crippen LogP contribution in [0.3, 0.4) is 0 Å². The standard InChI is InChI=1S/C19H23N3O3S/c1-15(2)18-21(19(23)20-16-9-5-3-6-10-16)13-14-22(18)26(24,25)17-11-7-4-8-12-17/h3-12,15,18H,13-14H2,1-2H3,(H,20,23)/t18-/m0/s1. The van der Waals surface area contributed by atoms with E-state index < -0.39 is 16.2 Å². The van der Waals surface area contributed by atoms with Crippen molar-refractivity contribution < 1.29 is 13.2 Å². The third-order valence-electron chi connectivity index (χ3n) is 4.41. The molecule has 26 heavy (non-hydrogen) atoms. The van der Waals surface area contributed by atoms with Gasteiger partial charge in [-0.15, -0.1) is 0 Å². The number of urea groups is 1. The van der Waals surface area contributed by atoms with Gasteiger partial charge in [0, 0.05) is 18.8 Å². The van der Waals surface area contributed by atoms with Crippen LogP contribution < -0.4 is 5.32 Å². The molecule has 2 aromatic rings. The Hall–Kier alpha value is -2.38. The lowest BCUT2D eigenvalue weighted by atomic mass is 10.1. The van der Waals surface area contributed by atoms with Crippen LogP contribution in [0.2, 0.25) is 0 Å². The van der Waals surface area contributed by atoms with Crippen molar-refractivity contribution in [3.63, 3.8) is 0 Å². The van der Waals surface area contributed by atoms with Gasteiger partial charge in [0.25, 0.3) is 0 Å². The number of para-hydroxylation sites is 1. The van der Waals surface area contributed by atoms with Gasteiger partial charge in [0.1, 0.15) is 6.17 Å². The highest BCUT2D eigenvalue weighted by Gasteiger charge is 2.43. The number of rotatable bonds is 4. The van der Waals surface area contributed by atoms with Crippen LogP contribution in [0.5, 0.6) is 0 Å². The molecule has 0 spiro atoms. The highest BCUT2D eigenvalue weighted by Crippen LogP contribution is 2.29. The first kappa shape index (κ1) is 18.4. The van der Waals surface area contributed by atoms with Crippen molar-refractivity contribution in [3.8, 4) is 0 Å². The fourth-order valence-electron chi connectivity index (χ4n) is 3.25. The number of benzene rings is 2. The molecule has 0 bridgehead atoms. The van der Waals surface area contributed by atoms with Crippen LogP contribution >= 0.6 is 0 Å². The molecule has 0 saturated carbocycles. The number of nitrogens with one attached hydrogen (secondary N) is 1. The predicted molar refractivity (Wildman–Crippen MR) is 101 cm³/mol. The van der Waals surface area contributed by atoms with Crippen LogP contribution in [0.25, 0.3) is 0 Å². The lowest BCUT2D eigenvalue weighted by Gasteiger charge is -2.32. The molecule has 1 saturated heterocycles. The second-order valence-corrected chi connectivity index (χ2v) is 8.47. The van der Waals surface area contributed by atoms with Crippen LogP contribution in [0.15, 0.2) is 65.6 Å². The Labute approximate surface area is 154 Å². The summed E-state index contributed by atoms with van der Waals surface area (Å²) in [4.78, 5) is 14.6. The minimum absolute atomic E-state index is 0.0440. The van der Waals surface area contributed by atoms with Crippen LogP contribution in [0, 0.1) is 5.92 Å². The summed E-state index contributed by atoms with van der Waals surface area (Å²) in [6.07, 6.45) is -0.524. The number of hydrogen-bond acceptors (Lipinski definition) is 3. The van der Waals surface area contributed by atoms with E-state index in [2.05, 4.69) is 5.32 Å². The molecule has 1 N–H and O–H groups in total. The van der Waals surface area contributed by atoms with Gasteiger partial charge in [0.2, 0.25) is 10.0 Å². The summed E-state index contributed by atoms with van der Waals surface area (Å²) in [5.41, 5.74) is 0.685. The number of sulfonamides is 1. The van der Waals surface area contributed by atoms with Gasteiger partial charge in [0.05, 0.1) is 4.90 Å². The molecule has 2 amide bonds. The Balaban J connectivity index is 1.85. The normalized spacial score (nSPS) is 18.3. The fourth-order valence-corrected chi connectivity index (χ4v) is 4.98. The summed E-state index contributed by atoms with van der Waals surface area (Å²) in [5, 5.41) is 2.85. The number of hydrogen-bond donors (Lipinski definition) is 1. The van der Waals surface area contributed by atoms with E-state index in [0.29, 0.717) is 12.2 Å². The van der Waals surface area contributed by atoms with Crippen molar-refractivity contribution in [2.45, 2.75) is 24.9 Å². The van der Waals surface area contributed by atoms with Crippen molar-refractivity contribution in [1.29, 1.82) is 0 Å². The van der Waals surface area contributed by atoms with Crippen molar-refractivity contribution in [1.82, 2.24) is 9.21 Å². The largest absolute Gasteiger partial charge is 0.323 e. The molecule has 1 aliphatic rings. The average Bonchev–Trinajstić information content (AvgIpc) is 3.10. The second-order valence-electron chi connectivity index (χ2n) is 6.58. The van der Waals surface area contributed by atoms with Crippen molar-refractivity contribution >= 4 is 21.7 Å². The molecule has 3 rings (SSSR count). The highest BCUT2D eigenvalue weighted by molar-refractivity contribution is 7.89. The summed E-state index contributed by atoms with van der Waals surface area (Å²) >= 11 is 0. The van der Waals surface area contributed by atoms with E-state index in [1.54, 1.807) is 47.4 Å². The average molecular weight is 373 g/mol. The molecule has 7 heteroatoms. The SMILES string of the molecule is CC(C)[C@H]1N(C(=O)Nc2ccccc2)CCN1S(=O)(=O)c1ccccc1. The summed E-state index contributed by atoms with van der Waals surface area (Å²) in [7, 11) is -3.66. The Bertz CT molecular complexity index is 854. The van der Waals surface area contributed by atoms with E-state index in [9.17, 15) is 13.2 Å². The van der Waals surface area contributed by atoms with Crippen LogP contribution in [0.1, 0.15) is 13.8 Å². The van der Waals surface area contributed by atoms with E-state index in [4.69, 9.17) is 0 Å². The molecule has 1 fully saturated rings. The van der Waals surface area contributed by atoms with Crippen molar-refractivity contribution in [3.05, 3.63) is 60.7 Å². The minimum Gasteiger partial charge on any atom is -0.308 e. The van der Waals surface area contributed by atoms with Crippen LogP contribution in [0.4, 0.5) is 10.5 Å². The first-order valence-electron chi connectivity index (χ1n) is 8.61. The molecule has 6 nitrogen and oxygen atoms in total. The zero-order valence-electron chi connectivity index (χ0n) is 14.9. The summed E-state index contributed by atoms with van der Waals surface area (Å²) in [6, 6.07) is 17.2. The molecular weight excluding hydrogens is 350 g/mol. The Morgan fingerprint density at radius 3 is 2.15 bits per heavy atom.